The number of aromatic nitrogens is 1. The van der Waals surface area contributed by atoms with Crippen molar-refractivity contribution in [3.8, 4) is 5.75 Å². The highest BCUT2D eigenvalue weighted by atomic mass is 19.5. The van der Waals surface area contributed by atoms with E-state index in [-0.39, 0.29) is 5.91 Å². The number of benzene rings is 1. The van der Waals surface area contributed by atoms with Gasteiger partial charge in [-0.25, -0.2) is 4.57 Å². The van der Waals surface area contributed by atoms with Crippen LogP contribution >= 0.6 is 0 Å². The Bertz CT molecular complexity index is 712. The zero-order valence-electron chi connectivity index (χ0n) is 11.2. The Morgan fingerprint density at radius 2 is 1.81 bits per heavy atom. The first-order valence-electron chi connectivity index (χ1n) is 5.90. The normalized spacial score (nSPS) is 12.8. The lowest BCUT2D eigenvalue weighted by Crippen LogP contribution is -2.28. The van der Waals surface area contributed by atoms with Crippen molar-refractivity contribution in [2.24, 2.45) is 7.05 Å². The smallest absolute Gasteiger partial charge is 0.495 e. The molecule has 112 valence electrons. The molecule has 1 aromatic heterocycles. The zero-order valence-corrected chi connectivity index (χ0v) is 11.2. The van der Waals surface area contributed by atoms with Crippen LogP contribution in [0.1, 0.15) is 10.4 Å². The number of ether oxygens (including phenoxy) is 1. The quantitative estimate of drug-likeness (QED) is 0.500. The Kier molecular flexibility index (Phi) is 3.76. The summed E-state index contributed by atoms with van der Waals surface area (Å²) in [5, 5.41) is 3.78. The fourth-order valence-corrected chi connectivity index (χ4v) is 2.15. The SMILES string of the molecule is COc1ccc2c3c(cc[n+]2C)C(=O)Nc13.F[B-](F)(F)F. The number of pyridine rings is 1. The van der Waals surface area contributed by atoms with Crippen LogP contribution in [0.4, 0.5) is 23.0 Å². The number of methoxy groups -OCH3 is 1. The summed E-state index contributed by atoms with van der Waals surface area (Å²) in [6.45, 7) is 0. The van der Waals surface area contributed by atoms with Crippen LogP contribution in [-0.4, -0.2) is 20.3 Å². The maximum absolute atomic E-state index is 11.7. The van der Waals surface area contributed by atoms with Gasteiger partial charge >= 0.3 is 7.25 Å². The topological polar surface area (TPSA) is 42.2 Å². The van der Waals surface area contributed by atoms with E-state index in [0.717, 1.165) is 16.6 Å². The van der Waals surface area contributed by atoms with E-state index < -0.39 is 7.25 Å². The molecule has 2 aromatic rings. The molecule has 1 amide bonds. The number of hydrogen-bond acceptors (Lipinski definition) is 2. The van der Waals surface area contributed by atoms with Crippen LogP contribution in [0.25, 0.3) is 10.9 Å². The Morgan fingerprint density at radius 1 is 1.19 bits per heavy atom. The zero-order chi connectivity index (χ0) is 15.8. The molecule has 1 N–H and O–H groups in total. The lowest BCUT2D eigenvalue weighted by molar-refractivity contribution is -0.644. The number of nitrogens with zero attached hydrogens (tertiary/aromatic N) is 1. The summed E-state index contributed by atoms with van der Waals surface area (Å²) in [6, 6.07) is 5.65. The lowest BCUT2D eigenvalue weighted by atomic mass is 10.1. The molecule has 0 saturated heterocycles. The number of halogens is 4. The van der Waals surface area contributed by atoms with Gasteiger partial charge in [-0.05, 0) is 6.07 Å². The van der Waals surface area contributed by atoms with Crippen molar-refractivity contribution >= 4 is 29.8 Å². The molecule has 0 unspecified atom stereocenters. The van der Waals surface area contributed by atoms with Crippen molar-refractivity contribution in [2.75, 3.05) is 12.4 Å². The summed E-state index contributed by atoms with van der Waals surface area (Å²) < 4.78 is 46.2. The molecule has 0 fully saturated rings. The van der Waals surface area contributed by atoms with E-state index in [9.17, 15) is 22.1 Å². The van der Waals surface area contributed by atoms with Gasteiger partial charge in [0, 0.05) is 12.1 Å². The molecule has 1 aromatic carbocycles. The lowest BCUT2D eigenvalue weighted by Gasteiger charge is -2.05. The van der Waals surface area contributed by atoms with Gasteiger partial charge in [0.05, 0.1) is 23.7 Å². The monoisotopic (exact) mass is 302 g/mol. The molecule has 21 heavy (non-hydrogen) atoms. The molecule has 0 aliphatic carbocycles. The fraction of sp³-hybridized carbons (Fsp3) is 0.167. The average Bonchev–Trinajstić information content (AvgIpc) is 2.70. The summed E-state index contributed by atoms with van der Waals surface area (Å²) in [4.78, 5) is 11.7. The van der Waals surface area contributed by atoms with E-state index in [1.165, 1.54) is 0 Å². The number of nitrogens with one attached hydrogen (secondary N) is 1. The number of carbonyl (C=O) groups excluding carboxylic acids is 1. The van der Waals surface area contributed by atoms with Gasteiger partial charge < -0.3 is 27.3 Å². The molecule has 1 aliphatic heterocycles. The molecule has 2 heterocycles. The largest absolute Gasteiger partial charge is 0.673 e. The molecule has 3 rings (SSSR count). The number of rotatable bonds is 1. The van der Waals surface area contributed by atoms with Crippen LogP contribution in [-0.2, 0) is 7.05 Å². The van der Waals surface area contributed by atoms with Crippen LogP contribution in [0, 0.1) is 0 Å². The molecular formula is C12H11BF4N2O2. The van der Waals surface area contributed by atoms with Gasteiger partial charge in [0.25, 0.3) is 5.91 Å². The van der Waals surface area contributed by atoms with Gasteiger partial charge in [0.2, 0.25) is 5.52 Å². The van der Waals surface area contributed by atoms with Crippen molar-refractivity contribution < 1.29 is 31.4 Å². The first-order valence-corrected chi connectivity index (χ1v) is 5.90. The standard InChI is InChI=1S/C12H10N2O2.BF4/c1-14-6-5-7-10-8(14)3-4-9(16-2)11(10)13-12(7)15;2-1(3,4)5/h3-6H,1-2H3;/q;-1/p+1. The summed E-state index contributed by atoms with van der Waals surface area (Å²) in [7, 11) is -2.44. The van der Waals surface area contributed by atoms with Gasteiger partial charge in [-0.3, -0.25) is 4.79 Å². The second kappa shape index (κ2) is 5.23. The third-order valence-corrected chi connectivity index (χ3v) is 2.96. The number of anilines is 1. The summed E-state index contributed by atoms with van der Waals surface area (Å²) in [6.07, 6.45) is 1.89. The highest BCUT2D eigenvalue weighted by molar-refractivity contribution is 6.50. The molecule has 9 heteroatoms. The second-order valence-corrected chi connectivity index (χ2v) is 4.33. The van der Waals surface area contributed by atoms with Crippen LogP contribution < -0.4 is 14.6 Å². The average molecular weight is 302 g/mol. The van der Waals surface area contributed by atoms with Gasteiger partial charge in [0.15, 0.2) is 6.20 Å². The van der Waals surface area contributed by atoms with Gasteiger partial charge in [-0.1, -0.05) is 0 Å². The fourth-order valence-electron chi connectivity index (χ4n) is 2.15. The van der Waals surface area contributed by atoms with E-state index in [1.54, 1.807) is 7.11 Å². The number of hydrogen-bond donors (Lipinski definition) is 1. The molecule has 0 saturated carbocycles. The third-order valence-electron chi connectivity index (χ3n) is 2.96. The Labute approximate surface area is 117 Å². The predicted octanol–water partition coefficient (Wildman–Crippen LogP) is 2.54. The minimum atomic E-state index is -6.00. The highest BCUT2D eigenvalue weighted by Crippen LogP contribution is 2.38. The second-order valence-electron chi connectivity index (χ2n) is 4.33. The van der Waals surface area contributed by atoms with Crippen molar-refractivity contribution in [3.05, 3.63) is 30.0 Å². The number of aryl methyl sites for hydroxylation is 1. The predicted molar refractivity (Wildman–Crippen MR) is 69.8 cm³/mol. The van der Waals surface area contributed by atoms with E-state index in [0.29, 0.717) is 11.3 Å². The molecular weight excluding hydrogens is 291 g/mol. The first kappa shape index (κ1) is 15.1. The Morgan fingerprint density at radius 3 is 2.38 bits per heavy atom. The molecule has 0 spiro atoms. The van der Waals surface area contributed by atoms with Crippen LogP contribution in [0.5, 0.6) is 5.75 Å². The van der Waals surface area contributed by atoms with Crippen LogP contribution in [0.2, 0.25) is 0 Å². The van der Waals surface area contributed by atoms with Crippen molar-refractivity contribution in [1.29, 1.82) is 0 Å². The maximum atomic E-state index is 11.7. The summed E-state index contributed by atoms with van der Waals surface area (Å²) in [5.41, 5.74) is 2.50. The maximum Gasteiger partial charge on any atom is 0.673 e. The van der Waals surface area contributed by atoms with E-state index in [1.807, 2.05) is 36.0 Å². The highest BCUT2D eigenvalue weighted by Gasteiger charge is 2.28. The minimum absolute atomic E-state index is 0.0647. The third kappa shape index (κ3) is 3.06. The molecule has 0 bridgehead atoms. The van der Waals surface area contributed by atoms with Crippen molar-refractivity contribution in [3.63, 3.8) is 0 Å². The first-order chi connectivity index (χ1) is 9.72. The van der Waals surface area contributed by atoms with E-state index in [2.05, 4.69) is 5.32 Å². The van der Waals surface area contributed by atoms with Gasteiger partial charge in [0.1, 0.15) is 12.8 Å². The van der Waals surface area contributed by atoms with E-state index >= 15 is 0 Å². The van der Waals surface area contributed by atoms with Gasteiger partial charge in [-0.2, -0.15) is 0 Å². The summed E-state index contributed by atoms with van der Waals surface area (Å²) >= 11 is 0. The van der Waals surface area contributed by atoms with Crippen molar-refractivity contribution in [2.45, 2.75) is 0 Å². The van der Waals surface area contributed by atoms with Crippen molar-refractivity contribution in [1.82, 2.24) is 0 Å². The van der Waals surface area contributed by atoms with E-state index in [4.69, 9.17) is 4.74 Å². The van der Waals surface area contributed by atoms with Crippen LogP contribution in [0.15, 0.2) is 24.4 Å². The molecule has 4 nitrogen and oxygen atoms in total. The molecule has 0 atom stereocenters. The van der Waals surface area contributed by atoms with Crippen LogP contribution in [0.3, 0.4) is 0 Å². The molecule has 1 aliphatic rings. The molecule has 0 radical (unpaired) electrons. The number of carbonyl (C=O) groups is 1. The minimum Gasteiger partial charge on any atom is -0.495 e. The number of amides is 1. The Balaban J connectivity index is 0.000000282. The Hall–Kier alpha value is -2.32. The summed E-state index contributed by atoms with van der Waals surface area (Å²) in [5.74, 6) is 0.635. The van der Waals surface area contributed by atoms with Gasteiger partial charge in [-0.15, -0.1) is 0 Å².